The molecule has 3 aromatic rings. The van der Waals surface area contributed by atoms with Gasteiger partial charge in [0.05, 0.1) is 5.75 Å². The molecule has 0 spiro atoms. The van der Waals surface area contributed by atoms with Crippen molar-refractivity contribution in [1.82, 2.24) is 14.8 Å². The Balaban J connectivity index is 1.69. The lowest BCUT2D eigenvalue weighted by Gasteiger charge is -2.16. The van der Waals surface area contributed by atoms with Crippen molar-refractivity contribution < 1.29 is 9.53 Å². The zero-order chi connectivity index (χ0) is 23.1. The highest BCUT2D eigenvalue weighted by atomic mass is 32.2. The molecule has 0 aliphatic carbocycles. The molecule has 1 amide bonds. The number of thioether (sulfide) groups is 1. The van der Waals surface area contributed by atoms with E-state index in [1.165, 1.54) is 11.8 Å². The van der Waals surface area contributed by atoms with E-state index in [0.29, 0.717) is 17.5 Å². The average Bonchev–Trinajstić information content (AvgIpc) is 3.15. The number of carbonyl (C=O) groups is 1. The molecule has 0 aliphatic rings. The molecule has 1 aromatic heterocycles. The van der Waals surface area contributed by atoms with Gasteiger partial charge in [0.25, 0.3) is 0 Å². The molecule has 2 aromatic carbocycles. The van der Waals surface area contributed by atoms with Crippen LogP contribution in [0.25, 0.3) is 0 Å². The number of hydrogen-bond donors (Lipinski definition) is 1. The van der Waals surface area contributed by atoms with Crippen molar-refractivity contribution in [2.75, 3.05) is 11.1 Å². The number of carbonyl (C=O) groups excluding carboxylic acids is 1. The molecule has 0 saturated carbocycles. The molecule has 32 heavy (non-hydrogen) atoms. The first-order chi connectivity index (χ1) is 15.4. The molecule has 6 nitrogen and oxygen atoms in total. The van der Waals surface area contributed by atoms with Crippen LogP contribution in [0.1, 0.15) is 42.5 Å². The zero-order valence-corrected chi connectivity index (χ0v) is 19.9. The number of anilines is 1. The van der Waals surface area contributed by atoms with Crippen LogP contribution in [0.4, 0.5) is 5.69 Å². The predicted molar refractivity (Wildman–Crippen MR) is 130 cm³/mol. The van der Waals surface area contributed by atoms with Crippen LogP contribution >= 0.6 is 11.8 Å². The first-order valence-corrected chi connectivity index (χ1v) is 11.7. The number of benzene rings is 2. The topological polar surface area (TPSA) is 69.0 Å². The highest BCUT2D eigenvalue weighted by molar-refractivity contribution is 7.99. The zero-order valence-electron chi connectivity index (χ0n) is 19.1. The molecule has 3 rings (SSSR count). The van der Waals surface area contributed by atoms with Crippen LogP contribution in [0, 0.1) is 13.8 Å². The van der Waals surface area contributed by atoms with Crippen LogP contribution in [0.15, 0.2) is 60.3 Å². The van der Waals surface area contributed by atoms with E-state index in [9.17, 15) is 4.79 Å². The lowest BCUT2D eigenvalue weighted by Crippen LogP contribution is -2.16. The summed E-state index contributed by atoms with van der Waals surface area (Å²) in [5.74, 6) is 1.65. The van der Waals surface area contributed by atoms with Gasteiger partial charge in [0, 0.05) is 12.2 Å². The second kappa shape index (κ2) is 11.0. The maximum atomic E-state index is 12.5. The van der Waals surface area contributed by atoms with E-state index in [1.807, 2.05) is 61.7 Å². The first-order valence-electron chi connectivity index (χ1n) is 10.7. The maximum absolute atomic E-state index is 12.5. The van der Waals surface area contributed by atoms with Gasteiger partial charge in [-0.1, -0.05) is 49.0 Å². The monoisotopic (exact) mass is 450 g/mol. The summed E-state index contributed by atoms with van der Waals surface area (Å²) >= 11 is 1.35. The molecule has 0 radical (unpaired) electrons. The van der Waals surface area contributed by atoms with E-state index in [-0.39, 0.29) is 17.8 Å². The van der Waals surface area contributed by atoms with Crippen LogP contribution in [0.3, 0.4) is 0 Å². The number of rotatable bonds is 10. The Morgan fingerprint density at radius 2 is 1.94 bits per heavy atom. The van der Waals surface area contributed by atoms with Gasteiger partial charge >= 0.3 is 0 Å². The quantitative estimate of drug-likeness (QED) is 0.326. The van der Waals surface area contributed by atoms with Gasteiger partial charge in [0.1, 0.15) is 5.75 Å². The molecule has 1 unspecified atom stereocenters. The predicted octanol–water partition coefficient (Wildman–Crippen LogP) is 5.51. The Bertz CT molecular complexity index is 1070. The summed E-state index contributed by atoms with van der Waals surface area (Å²) in [7, 11) is 0. The molecule has 0 saturated heterocycles. The number of nitrogens with one attached hydrogen (secondary N) is 1. The van der Waals surface area contributed by atoms with E-state index in [1.54, 1.807) is 6.08 Å². The lowest BCUT2D eigenvalue weighted by molar-refractivity contribution is -0.113. The summed E-state index contributed by atoms with van der Waals surface area (Å²) < 4.78 is 8.09. The van der Waals surface area contributed by atoms with Gasteiger partial charge in [0.2, 0.25) is 5.91 Å². The Morgan fingerprint density at radius 1 is 1.22 bits per heavy atom. The lowest BCUT2D eigenvalue weighted by atomic mass is 10.1. The van der Waals surface area contributed by atoms with Crippen molar-refractivity contribution in [3.05, 3.63) is 77.6 Å². The highest BCUT2D eigenvalue weighted by Gasteiger charge is 2.20. The molecule has 1 N–H and O–H groups in total. The summed E-state index contributed by atoms with van der Waals surface area (Å²) in [4.78, 5) is 12.5. The largest absolute Gasteiger partial charge is 0.483 e. The molecule has 0 bridgehead atoms. The van der Waals surface area contributed by atoms with Crippen molar-refractivity contribution in [2.24, 2.45) is 0 Å². The van der Waals surface area contributed by atoms with E-state index >= 15 is 0 Å². The second-order valence-electron chi connectivity index (χ2n) is 7.67. The summed E-state index contributed by atoms with van der Waals surface area (Å²) in [5.41, 5.74) is 4.25. The van der Waals surface area contributed by atoms with Crippen LogP contribution in [0.5, 0.6) is 5.75 Å². The number of aromatic nitrogens is 3. The van der Waals surface area contributed by atoms with Gasteiger partial charge in [0.15, 0.2) is 17.1 Å². The molecule has 0 fully saturated rings. The maximum Gasteiger partial charge on any atom is 0.234 e. The van der Waals surface area contributed by atoms with Gasteiger partial charge in [-0.25, -0.2) is 0 Å². The average molecular weight is 451 g/mol. The Morgan fingerprint density at radius 3 is 2.62 bits per heavy atom. The van der Waals surface area contributed by atoms with E-state index in [0.717, 1.165) is 34.5 Å². The number of allylic oxidation sites excluding steroid dienone is 1. The first kappa shape index (κ1) is 23.6. The Hall–Kier alpha value is -3.06. The second-order valence-corrected chi connectivity index (χ2v) is 8.61. The molecule has 1 heterocycles. The number of nitrogens with zero attached hydrogens (tertiary/aromatic N) is 3. The highest BCUT2D eigenvalue weighted by Crippen LogP contribution is 2.26. The van der Waals surface area contributed by atoms with E-state index in [4.69, 9.17) is 4.74 Å². The third kappa shape index (κ3) is 6.01. The third-order valence-electron chi connectivity index (χ3n) is 4.93. The SMILES string of the molecule is C=CCn1c(SCC(=O)Nc2ccccc2CC)nnc1C(C)Oc1cc(C)cc(C)c1. The van der Waals surface area contributed by atoms with Gasteiger partial charge in [-0.15, -0.1) is 16.8 Å². The minimum atomic E-state index is -0.303. The van der Waals surface area contributed by atoms with Gasteiger partial charge in [-0.05, 0) is 62.1 Å². The third-order valence-corrected chi connectivity index (χ3v) is 5.90. The molecule has 0 aliphatic heterocycles. The van der Waals surface area contributed by atoms with Gasteiger partial charge < -0.3 is 10.1 Å². The fourth-order valence-corrected chi connectivity index (χ4v) is 4.29. The molecular formula is C25H30N4O2S. The van der Waals surface area contributed by atoms with Crippen LogP contribution in [-0.2, 0) is 17.8 Å². The number of aryl methyl sites for hydroxylation is 3. The van der Waals surface area contributed by atoms with Crippen LogP contribution < -0.4 is 10.1 Å². The van der Waals surface area contributed by atoms with Crippen molar-refractivity contribution in [2.45, 2.75) is 51.9 Å². The summed E-state index contributed by atoms with van der Waals surface area (Å²) in [5, 5.41) is 12.3. The molecule has 1 atom stereocenters. The normalized spacial score (nSPS) is 11.8. The van der Waals surface area contributed by atoms with Crippen molar-refractivity contribution in [3.63, 3.8) is 0 Å². The van der Waals surface area contributed by atoms with Gasteiger partial charge in [-0.2, -0.15) is 0 Å². The summed E-state index contributed by atoms with van der Waals surface area (Å²) in [6.07, 6.45) is 2.35. The molecule has 168 valence electrons. The van der Waals surface area contributed by atoms with E-state index in [2.05, 4.69) is 35.1 Å². The van der Waals surface area contributed by atoms with Crippen LogP contribution in [0.2, 0.25) is 0 Å². The summed E-state index contributed by atoms with van der Waals surface area (Å²) in [6, 6.07) is 14.0. The van der Waals surface area contributed by atoms with Gasteiger partial charge in [-0.3, -0.25) is 9.36 Å². The fourth-order valence-electron chi connectivity index (χ4n) is 3.53. The molecule has 7 heteroatoms. The fraction of sp³-hybridized carbons (Fsp3) is 0.320. The number of amides is 1. The van der Waals surface area contributed by atoms with Crippen LogP contribution in [-0.4, -0.2) is 26.4 Å². The minimum Gasteiger partial charge on any atom is -0.483 e. The summed E-state index contributed by atoms with van der Waals surface area (Å²) in [6.45, 7) is 12.5. The van der Waals surface area contributed by atoms with Crippen molar-refractivity contribution in [1.29, 1.82) is 0 Å². The minimum absolute atomic E-state index is 0.0786. The Labute approximate surface area is 194 Å². The molecular weight excluding hydrogens is 420 g/mol. The van der Waals surface area contributed by atoms with Crippen molar-refractivity contribution >= 4 is 23.4 Å². The smallest absolute Gasteiger partial charge is 0.234 e. The number of ether oxygens (including phenoxy) is 1. The van der Waals surface area contributed by atoms with E-state index < -0.39 is 0 Å². The Kier molecular flexibility index (Phi) is 8.11. The standard InChI is InChI=1S/C25H30N4O2S/c1-6-12-29-24(19(5)31-21-14-17(3)13-18(4)15-21)27-28-25(29)32-16-23(30)26-22-11-9-8-10-20(22)7-2/h6,8-11,13-15,19H,1,7,12,16H2,2-5H3,(H,26,30). The number of para-hydroxylation sites is 1. The van der Waals surface area contributed by atoms with Crippen molar-refractivity contribution in [3.8, 4) is 5.75 Å². The number of hydrogen-bond acceptors (Lipinski definition) is 5.